The van der Waals surface area contributed by atoms with E-state index in [1.807, 2.05) is 5.57 Å². The van der Waals surface area contributed by atoms with Crippen LogP contribution in [0.2, 0.25) is 0 Å². The lowest BCUT2D eigenvalue weighted by Gasteiger charge is -2.57. The molecule has 0 saturated heterocycles. The third kappa shape index (κ3) is 3.19. The maximum absolute atomic E-state index is 3.00. The predicted molar refractivity (Wildman–Crippen MR) is 113 cm³/mol. The standard InChI is InChI=1S/C21H34.2C2H4/c1-4-15-9-11-18-17-10-8-16-7-5-6-13-20(16,2)19(17)12-14-21(15,18)3;2*1-2/h10,15-16,18-19H,4-9,11-14H2,1-3H3;2*1-2H2/t15-,16?,18-,19-,20-,21+;;/m0../s1. The molecule has 0 spiro atoms. The first-order valence-electron chi connectivity index (χ1n) is 10.8. The molecule has 1 unspecified atom stereocenters. The van der Waals surface area contributed by atoms with Gasteiger partial charge < -0.3 is 0 Å². The third-order valence-electron chi connectivity index (χ3n) is 8.69. The van der Waals surface area contributed by atoms with E-state index in [1.54, 1.807) is 0 Å². The Kier molecular flexibility index (Phi) is 6.80. The minimum atomic E-state index is 0.648. The highest BCUT2D eigenvalue weighted by atomic mass is 14.6. The summed E-state index contributed by atoms with van der Waals surface area (Å²) < 4.78 is 0. The molecule has 25 heavy (non-hydrogen) atoms. The van der Waals surface area contributed by atoms with Crippen LogP contribution < -0.4 is 0 Å². The normalized spacial score (nSPS) is 44.5. The molecule has 4 aliphatic carbocycles. The highest BCUT2D eigenvalue weighted by Gasteiger charge is 2.56. The molecule has 0 aromatic heterocycles. The molecule has 0 N–H and O–H groups in total. The average Bonchev–Trinajstić information content (AvgIpc) is 3.01. The third-order valence-corrected chi connectivity index (χ3v) is 8.69. The SMILES string of the molecule is C=C.C=C.CC[C@H]1CC[C@H]2C3=CCC4CCCC[C@]4(C)[C@H]3CC[C@]12C. The van der Waals surface area contributed by atoms with Crippen molar-refractivity contribution in [1.29, 1.82) is 0 Å². The second-order valence-electron chi connectivity index (χ2n) is 9.22. The number of fused-ring (bicyclic) bond motifs is 5. The van der Waals surface area contributed by atoms with Crippen LogP contribution >= 0.6 is 0 Å². The van der Waals surface area contributed by atoms with Crippen molar-refractivity contribution >= 4 is 0 Å². The van der Waals surface area contributed by atoms with Gasteiger partial charge in [-0.3, -0.25) is 0 Å². The summed E-state index contributed by atoms with van der Waals surface area (Å²) in [5, 5.41) is 0. The molecule has 3 fully saturated rings. The van der Waals surface area contributed by atoms with Crippen LogP contribution in [0.25, 0.3) is 0 Å². The van der Waals surface area contributed by atoms with Gasteiger partial charge in [-0.05, 0) is 79.4 Å². The van der Waals surface area contributed by atoms with Crippen molar-refractivity contribution in [1.82, 2.24) is 0 Å². The van der Waals surface area contributed by atoms with E-state index < -0.39 is 0 Å². The smallest absolute Gasteiger partial charge is 0.0143 e. The summed E-state index contributed by atoms with van der Waals surface area (Å²) in [6.07, 6.45) is 17.6. The molecule has 0 aromatic carbocycles. The summed E-state index contributed by atoms with van der Waals surface area (Å²) >= 11 is 0. The van der Waals surface area contributed by atoms with Crippen LogP contribution in [-0.4, -0.2) is 0 Å². The fraction of sp³-hybridized carbons (Fsp3) is 0.760. The van der Waals surface area contributed by atoms with Crippen LogP contribution in [0.4, 0.5) is 0 Å². The molecule has 4 rings (SSSR count). The van der Waals surface area contributed by atoms with Gasteiger partial charge in [-0.15, -0.1) is 26.3 Å². The fourth-order valence-corrected chi connectivity index (χ4v) is 7.32. The lowest BCUT2D eigenvalue weighted by Crippen LogP contribution is -2.47. The van der Waals surface area contributed by atoms with Gasteiger partial charge in [0.2, 0.25) is 0 Å². The Morgan fingerprint density at radius 2 is 1.56 bits per heavy atom. The van der Waals surface area contributed by atoms with Gasteiger partial charge in [0.15, 0.2) is 0 Å². The summed E-state index contributed by atoms with van der Waals surface area (Å²) in [6.45, 7) is 19.7. The van der Waals surface area contributed by atoms with Gasteiger partial charge >= 0.3 is 0 Å². The van der Waals surface area contributed by atoms with E-state index in [-0.39, 0.29) is 0 Å². The molecule has 0 heteroatoms. The molecule has 0 radical (unpaired) electrons. The Morgan fingerprint density at radius 3 is 2.24 bits per heavy atom. The minimum Gasteiger partial charge on any atom is -0.106 e. The molecule has 0 nitrogen and oxygen atoms in total. The number of allylic oxidation sites excluding steroid dienone is 2. The first-order valence-corrected chi connectivity index (χ1v) is 10.8. The molecule has 0 heterocycles. The van der Waals surface area contributed by atoms with E-state index in [0.29, 0.717) is 10.8 Å². The zero-order valence-corrected chi connectivity index (χ0v) is 17.3. The highest BCUT2D eigenvalue weighted by molar-refractivity contribution is 5.27. The summed E-state index contributed by atoms with van der Waals surface area (Å²) in [4.78, 5) is 0. The van der Waals surface area contributed by atoms with Crippen molar-refractivity contribution < 1.29 is 0 Å². The summed E-state index contributed by atoms with van der Waals surface area (Å²) in [7, 11) is 0. The zero-order valence-electron chi connectivity index (χ0n) is 17.3. The van der Waals surface area contributed by atoms with Gasteiger partial charge in [0.05, 0.1) is 0 Å². The van der Waals surface area contributed by atoms with Gasteiger partial charge in [0.25, 0.3) is 0 Å². The van der Waals surface area contributed by atoms with Crippen molar-refractivity contribution in [3.63, 3.8) is 0 Å². The average molecular weight is 343 g/mol. The highest BCUT2D eigenvalue weighted by Crippen LogP contribution is 2.66. The van der Waals surface area contributed by atoms with Gasteiger partial charge in [0, 0.05) is 0 Å². The molecule has 0 amide bonds. The Balaban J connectivity index is 0.000000528. The van der Waals surface area contributed by atoms with Crippen LogP contribution in [0.3, 0.4) is 0 Å². The topological polar surface area (TPSA) is 0 Å². The molecule has 3 saturated carbocycles. The fourth-order valence-electron chi connectivity index (χ4n) is 7.32. The molecule has 142 valence electrons. The van der Waals surface area contributed by atoms with Gasteiger partial charge in [0.1, 0.15) is 0 Å². The second kappa shape index (κ2) is 8.28. The number of hydrogen-bond donors (Lipinski definition) is 0. The van der Waals surface area contributed by atoms with Crippen molar-refractivity contribution in [2.24, 2.45) is 34.5 Å². The van der Waals surface area contributed by atoms with Crippen LogP contribution in [0.15, 0.2) is 38.0 Å². The van der Waals surface area contributed by atoms with E-state index in [0.717, 1.165) is 23.7 Å². The first kappa shape index (κ1) is 20.5. The quantitative estimate of drug-likeness (QED) is 0.424. The molecular weight excluding hydrogens is 300 g/mol. The molecule has 4 aliphatic rings. The maximum Gasteiger partial charge on any atom is -0.0143 e. The first-order chi connectivity index (χ1) is 12.1. The van der Waals surface area contributed by atoms with Crippen molar-refractivity contribution in [2.75, 3.05) is 0 Å². The Labute approximate surface area is 157 Å². The van der Waals surface area contributed by atoms with Gasteiger partial charge in [-0.2, -0.15) is 0 Å². The van der Waals surface area contributed by atoms with Gasteiger partial charge in [-0.25, -0.2) is 0 Å². The maximum atomic E-state index is 3.00. The van der Waals surface area contributed by atoms with E-state index in [9.17, 15) is 0 Å². The largest absolute Gasteiger partial charge is 0.106 e. The summed E-state index contributed by atoms with van der Waals surface area (Å²) in [5.41, 5.74) is 3.25. The monoisotopic (exact) mass is 342 g/mol. The Hall–Kier alpha value is -0.780. The van der Waals surface area contributed by atoms with E-state index in [1.165, 1.54) is 64.2 Å². The number of rotatable bonds is 1. The van der Waals surface area contributed by atoms with Crippen LogP contribution in [0, 0.1) is 34.5 Å². The lowest BCUT2D eigenvalue weighted by molar-refractivity contribution is -0.00130. The van der Waals surface area contributed by atoms with Crippen LogP contribution in [0.5, 0.6) is 0 Å². The second-order valence-corrected chi connectivity index (χ2v) is 9.22. The number of hydrogen-bond acceptors (Lipinski definition) is 0. The Bertz CT molecular complexity index is 472. The summed E-state index contributed by atoms with van der Waals surface area (Å²) in [6, 6.07) is 0. The zero-order chi connectivity index (χ0) is 18.7. The van der Waals surface area contributed by atoms with E-state index in [4.69, 9.17) is 0 Å². The van der Waals surface area contributed by atoms with Crippen LogP contribution in [-0.2, 0) is 0 Å². The Morgan fingerprint density at radius 1 is 0.880 bits per heavy atom. The molecular formula is C25H42. The van der Waals surface area contributed by atoms with Gasteiger partial charge in [-0.1, -0.05) is 51.7 Å². The van der Waals surface area contributed by atoms with E-state index in [2.05, 4.69) is 53.2 Å². The van der Waals surface area contributed by atoms with Crippen molar-refractivity contribution in [2.45, 2.75) is 85.0 Å². The predicted octanol–water partition coefficient (Wildman–Crippen LogP) is 7.97. The molecule has 0 aliphatic heterocycles. The molecule has 0 bridgehead atoms. The summed E-state index contributed by atoms with van der Waals surface area (Å²) in [5.74, 6) is 3.90. The van der Waals surface area contributed by atoms with Crippen LogP contribution in [0.1, 0.15) is 85.0 Å². The molecule has 0 aromatic rings. The van der Waals surface area contributed by atoms with Crippen molar-refractivity contribution in [3.05, 3.63) is 38.0 Å². The minimum absolute atomic E-state index is 0.648. The van der Waals surface area contributed by atoms with Crippen molar-refractivity contribution in [3.8, 4) is 0 Å². The van der Waals surface area contributed by atoms with E-state index >= 15 is 0 Å². The molecule has 6 atom stereocenters. The lowest BCUT2D eigenvalue weighted by atomic mass is 9.48.